The average molecular weight is 325 g/mol. The highest BCUT2D eigenvalue weighted by atomic mass is 35.5. The van der Waals surface area contributed by atoms with E-state index in [1.54, 1.807) is 0 Å². The first-order valence-corrected chi connectivity index (χ1v) is 8.12. The first kappa shape index (κ1) is 15.0. The molecule has 0 saturated heterocycles. The van der Waals surface area contributed by atoms with Crippen LogP contribution in [0.5, 0.6) is 0 Å². The Morgan fingerprint density at radius 1 is 1.47 bits per heavy atom. The Labute approximate surface area is 122 Å². The molecule has 1 saturated carbocycles. The van der Waals surface area contributed by atoms with Crippen LogP contribution in [0.1, 0.15) is 19.3 Å². The minimum absolute atomic E-state index is 0.0227. The van der Waals surface area contributed by atoms with E-state index in [0.717, 1.165) is 12.8 Å². The fourth-order valence-electron chi connectivity index (χ4n) is 1.85. The lowest BCUT2D eigenvalue weighted by Gasteiger charge is -2.17. The molecule has 1 aliphatic carbocycles. The molecule has 0 radical (unpaired) electrons. The first-order valence-electron chi connectivity index (χ1n) is 5.88. The number of aliphatic hydroxyl groups is 1. The number of nitrogens with zero attached hydrogens (tertiary/aromatic N) is 1. The summed E-state index contributed by atoms with van der Waals surface area (Å²) in [6.07, 6.45) is 3.53. The van der Waals surface area contributed by atoms with Crippen molar-refractivity contribution in [3.05, 3.63) is 22.4 Å². The van der Waals surface area contributed by atoms with Gasteiger partial charge in [0.2, 0.25) is 10.0 Å². The Hall–Kier alpha value is -0.400. The second kappa shape index (κ2) is 5.93. The molecule has 1 fully saturated rings. The third kappa shape index (κ3) is 3.79. The van der Waals surface area contributed by atoms with Crippen LogP contribution in [0.15, 0.2) is 17.2 Å². The van der Waals surface area contributed by atoms with Gasteiger partial charge in [0.1, 0.15) is 10.0 Å². The van der Waals surface area contributed by atoms with Gasteiger partial charge >= 0.3 is 0 Å². The van der Waals surface area contributed by atoms with E-state index in [0.29, 0.717) is 12.3 Å². The second-order valence-electron chi connectivity index (χ2n) is 4.52. The Kier molecular flexibility index (Phi) is 4.68. The third-order valence-electron chi connectivity index (χ3n) is 3.02. The van der Waals surface area contributed by atoms with E-state index in [-0.39, 0.29) is 27.7 Å². The largest absolute Gasteiger partial charge is 0.396 e. The molecule has 2 N–H and O–H groups in total. The minimum atomic E-state index is -3.69. The summed E-state index contributed by atoms with van der Waals surface area (Å²) in [5.41, 5.74) is 0. The standard InChI is InChI=1S/C11H14Cl2N2O3S/c12-9-5-8(6-14-11(9)13)19(17,18)15-10(3-4-16)7-1-2-7/h5-7,10,15-16H,1-4H2. The van der Waals surface area contributed by atoms with Gasteiger partial charge in [0.05, 0.1) is 5.02 Å². The summed E-state index contributed by atoms with van der Waals surface area (Å²) < 4.78 is 26.9. The number of hydrogen-bond acceptors (Lipinski definition) is 4. The van der Waals surface area contributed by atoms with Gasteiger partial charge in [-0.2, -0.15) is 0 Å². The molecule has 0 spiro atoms. The van der Waals surface area contributed by atoms with Gasteiger partial charge in [-0.05, 0) is 31.2 Å². The zero-order chi connectivity index (χ0) is 14.0. The maximum absolute atomic E-state index is 12.2. The Balaban J connectivity index is 2.18. The molecule has 0 amide bonds. The highest BCUT2D eigenvalue weighted by molar-refractivity contribution is 7.89. The molecular formula is C11H14Cl2N2O3S. The fourth-order valence-corrected chi connectivity index (χ4v) is 3.49. The van der Waals surface area contributed by atoms with Gasteiger partial charge in [-0.3, -0.25) is 0 Å². The summed E-state index contributed by atoms with van der Waals surface area (Å²) in [4.78, 5) is 3.70. The van der Waals surface area contributed by atoms with Crippen molar-refractivity contribution in [2.45, 2.75) is 30.2 Å². The maximum Gasteiger partial charge on any atom is 0.242 e. The predicted octanol–water partition coefficient (Wildman–Crippen LogP) is 1.83. The molecule has 0 aromatic carbocycles. The van der Waals surface area contributed by atoms with Gasteiger partial charge in [0, 0.05) is 18.8 Å². The van der Waals surface area contributed by atoms with E-state index in [1.165, 1.54) is 12.3 Å². The smallest absolute Gasteiger partial charge is 0.242 e. The number of halogens is 2. The number of hydrogen-bond donors (Lipinski definition) is 2. The summed E-state index contributed by atoms with van der Waals surface area (Å²) in [7, 11) is -3.69. The van der Waals surface area contributed by atoms with E-state index < -0.39 is 10.0 Å². The Morgan fingerprint density at radius 2 is 2.16 bits per heavy atom. The van der Waals surface area contributed by atoms with Crippen molar-refractivity contribution in [1.82, 2.24) is 9.71 Å². The van der Waals surface area contributed by atoms with E-state index in [9.17, 15) is 8.42 Å². The van der Waals surface area contributed by atoms with Gasteiger partial charge in [0.15, 0.2) is 0 Å². The summed E-state index contributed by atoms with van der Waals surface area (Å²) in [5.74, 6) is 0.303. The predicted molar refractivity (Wildman–Crippen MR) is 72.8 cm³/mol. The van der Waals surface area contributed by atoms with Gasteiger partial charge in [-0.15, -0.1) is 0 Å². The van der Waals surface area contributed by atoms with E-state index in [1.807, 2.05) is 0 Å². The summed E-state index contributed by atoms with van der Waals surface area (Å²) in [6, 6.07) is 1.02. The SMILES string of the molecule is O=S(=O)(NC(CCO)C1CC1)c1cnc(Cl)c(Cl)c1. The van der Waals surface area contributed by atoms with Gasteiger partial charge in [0.25, 0.3) is 0 Å². The van der Waals surface area contributed by atoms with Crippen molar-refractivity contribution >= 4 is 33.2 Å². The van der Waals surface area contributed by atoms with Crippen molar-refractivity contribution in [3.8, 4) is 0 Å². The monoisotopic (exact) mass is 324 g/mol. The molecule has 1 atom stereocenters. The quantitative estimate of drug-likeness (QED) is 0.782. The molecule has 1 aromatic heterocycles. The molecule has 1 aliphatic rings. The molecule has 19 heavy (non-hydrogen) atoms. The fraction of sp³-hybridized carbons (Fsp3) is 0.545. The number of sulfonamides is 1. The van der Waals surface area contributed by atoms with Gasteiger partial charge in [-0.25, -0.2) is 18.1 Å². The molecule has 8 heteroatoms. The number of rotatable bonds is 6. The molecule has 2 rings (SSSR count). The van der Waals surface area contributed by atoms with Crippen LogP contribution in [0, 0.1) is 5.92 Å². The lowest BCUT2D eigenvalue weighted by atomic mass is 10.1. The zero-order valence-electron chi connectivity index (χ0n) is 10.0. The van der Waals surface area contributed by atoms with Gasteiger partial charge in [-0.1, -0.05) is 23.2 Å². The molecule has 1 unspecified atom stereocenters. The number of pyridine rings is 1. The molecule has 0 aliphatic heterocycles. The van der Waals surface area contributed by atoms with Crippen LogP contribution in [0.3, 0.4) is 0 Å². The average Bonchev–Trinajstić information content (AvgIpc) is 3.16. The summed E-state index contributed by atoms with van der Waals surface area (Å²) >= 11 is 11.4. The van der Waals surface area contributed by atoms with Crippen LogP contribution in [0.2, 0.25) is 10.2 Å². The Morgan fingerprint density at radius 3 is 2.68 bits per heavy atom. The Bertz CT molecular complexity index is 561. The van der Waals surface area contributed by atoms with Crippen molar-refractivity contribution in [1.29, 1.82) is 0 Å². The molecule has 0 bridgehead atoms. The van der Waals surface area contributed by atoms with Crippen LogP contribution >= 0.6 is 23.2 Å². The van der Waals surface area contributed by atoms with Crippen molar-refractivity contribution in [2.75, 3.05) is 6.61 Å². The lowest BCUT2D eigenvalue weighted by molar-refractivity contribution is 0.265. The molecule has 106 valence electrons. The lowest BCUT2D eigenvalue weighted by Crippen LogP contribution is -2.37. The highest BCUT2D eigenvalue weighted by Crippen LogP contribution is 2.34. The van der Waals surface area contributed by atoms with Crippen LogP contribution in [-0.2, 0) is 10.0 Å². The van der Waals surface area contributed by atoms with Crippen molar-refractivity contribution in [2.24, 2.45) is 5.92 Å². The van der Waals surface area contributed by atoms with E-state index in [4.69, 9.17) is 28.3 Å². The number of aliphatic hydroxyl groups excluding tert-OH is 1. The van der Waals surface area contributed by atoms with Crippen LogP contribution in [0.4, 0.5) is 0 Å². The topological polar surface area (TPSA) is 79.3 Å². The summed E-state index contributed by atoms with van der Waals surface area (Å²) in [5, 5.41) is 9.13. The normalized spacial score (nSPS) is 17.4. The first-order chi connectivity index (χ1) is 8.94. The second-order valence-corrected chi connectivity index (χ2v) is 7.00. The minimum Gasteiger partial charge on any atom is -0.396 e. The molecular weight excluding hydrogens is 311 g/mol. The third-order valence-corrected chi connectivity index (χ3v) is 5.16. The van der Waals surface area contributed by atoms with Crippen molar-refractivity contribution < 1.29 is 13.5 Å². The van der Waals surface area contributed by atoms with E-state index in [2.05, 4.69) is 9.71 Å². The molecule has 1 aromatic rings. The highest BCUT2D eigenvalue weighted by Gasteiger charge is 2.34. The maximum atomic E-state index is 12.2. The zero-order valence-corrected chi connectivity index (χ0v) is 12.3. The molecule has 1 heterocycles. The number of nitrogens with one attached hydrogen (secondary N) is 1. The number of aromatic nitrogens is 1. The van der Waals surface area contributed by atoms with Crippen LogP contribution in [-0.4, -0.2) is 31.2 Å². The molecule has 5 nitrogen and oxygen atoms in total. The van der Waals surface area contributed by atoms with Crippen LogP contribution < -0.4 is 4.72 Å². The van der Waals surface area contributed by atoms with Crippen LogP contribution in [0.25, 0.3) is 0 Å². The van der Waals surface area contributed by atoms with E-state index >= 15 is 0 Å². The summed E-state index contributed by atoms with van der Waals surface area (Å²) in [6.45, 7) is -0.0523. The van der Waals surface area contributed by atoms with Crippen molar-refractivity contribution in [3.63, 3.8) is 0 Å². The van der Waals surface area contributed by atoms with Gasteiger partial charge < -0.3 is 5.11 Å².